The third kappa shape index (κ3) is 4.89. The van der Waals surface area contributed by atoms with Gasteiger partial charge in [0.2, 0.25) is 0 Å². The molecule has 0 spiro atoms. The van der Waals surface area contributed by atoms with Crippen molar-refractivity contribution in [2.75, 3.05) is 31.4 Å². The van der Waals surface area contributed by atoms with E-state index in [0.29, 0.717) is 35.0 Å². The summed E-state index contributed by atoms with van der Waals surface area (Å²) in [7, 11) is 3.07. The second kappa shape index (κ2) is 9.31. The molecule has 7 nitrogen and oxygen atoms in total. The number of carbonyl (C=O) groups is 2. The Kier molecular flexibility index (Phi) is 6.84. The minimum absolute atomic E-state index is 0.344. The molecule has 3 amide bonds. The normalized spacial score (nSPS) is 9.96. The molecule has 0 bridgehead atoms. The van der Waals surface area contributed by atoms with E-state index in [9.17, 15) is 9.59 Å². The van der Waals surface area contributed by atoms with E-state index in [2.05, 4.69) is 16.0 Å². The van der Waals surface area contributed by atoms with Gasteiger partial charge in [-0.25, -0.2) is 4.79 Å². The highest BCUT2D eigenvalue weighted by Gasteiger charge is 2.14. The molecule has 0 radical (unpaired) electrons. The lowest BCUT2D eigenvalue weighted by Gasteiger charge is -2.13. The average molecular weight is 357 g/mol. The van der Waals surface area contributed by atoms with E-state index in [0.717, 1.165) is 6.42 Å². The number of carbonyl (C=O) groups excluding carboxylic acids is 2. The van der Waals surface area contributed by atoms with E-state index >= 15 is 0 Å². The van der Waals surface area contributed by atoms with Crippen LogP contribution in [0, 0.1) is 0 Å². The van der Waals surface area contributed by atoms with E-state index in [1.165, 1.54) is 7.11 Å². The predicted octanol–water partition coefficient (Wildman–Crippen LogP) is 3.49. The third-order valence-electron chi connectivity index (χ3n) is 3.60. The van der Waals surface area contributed by atoms with Crippen LogP contribution in [0.3, 0.4) is 0 Å². The van der Waals surface area contributed by atoms with E-state index in [4.69, 9.17) is 9.47 Å². The number of para-hydroxylation sites is 1. The summed E-state index contributed by atoms with van der Waals surface area (Å²) in [4.78, 5) is 24.5. The maximum atomic E-state index is 12.6. The van der Waals surface area contributed by atoms with Crippen molar-refractivity contribution in [3.8, 4) is 11.5 Å². The Hall–Kier alpha value is -3.22. The fraction of sp³-hybridized carbons (Fsp3) is 0.263. The number of hydrogen-bond acceptors (Lipinski definition) is 4. The van der Waals surface area contributed by atoms with Crippen molar-refractivity contribution >= 4 is 23.3 Å². The van der Waals surface area contributed by atoms with Gasteiger partial charge in [0.05, 0.1) is 25.5 Å². The van der Waals surface area contributed by atoms with E-state index in [1.807, 2.05) is 6.92 Å². The van der Waals surface area contributed by atoms with Gasteiger partial charge in [-0.3, -0.25) is 4.79 Å². The summed E-state index contributed by atoms with van der Waals surface area (Å²) in [6.07, 6.45) is 0.828. The number of ether oxygens (including phenoxy) is 2. The van der Waals surface area contributed by atoms with Crippen LogP contribution >= 0.6 is 0 Å². The van der Waals surface area contributed by atoms with Crippen LogP contribution in [-0.2, 0) is 0 Å². The lowest BCUT2D eigenvalue weighted by Crippen LogP contribution is -2.30. The molecular weight excluding hydrogens is 334 g/mol. The number of hydrogen-bond donors (Lipinski definition) is 3. The molecule has 0 atom stereocenters. The van der Waals surface area contributed by atoms with Crippen LogP contribution in [-0.4, -0.2) is 32.7 Å². The zero-order valence-corrected chi connectivity index (χ0v) is 15.1. The van der Waals surface area contributed by atoms with Crippen molar-refractivity contribution < 1.29 is 19.1 Å². The van der Waals surface area contributed by atoms with Crippen molar-refractivity contribution in [1.82, 2.24) is 5.32 Å². The number of amides is 3. The number of nitrogens with one attached hydrogen (secondary N) is 3. The molecule has 26 heavy (non-hydrogen) atoms. The molecule has 0 aliphatic rings. The van der Waals surface area contributed by atoms with Crippen LogP contribution in [0.4, 0.5) is 16.2 Å². The summed E-state index contributed by atoms with van der Waals surface area (Å²) < 4.78 is 10.4. The fourth-order valence-corrected chi connectivity index (χ4v) is 2.31. The van der Waals surface area contributed by atoms with Gasteiger partial charge < -0.3 is 25.4 Å². The second-order valence-electron chi connectivity index (χ2n) is 5.45. The summed E-state index contributed by atoms with van der Waals surface area (Å²) in [6.45, 7) is 2.52. The monoisotopic (exact) mass is 357 g/mol. The molecule has 2 aromatic rings. The van der Waals surface area contributed by atoms with Gasteiger partial charge in [-0.2, -0.15) is 0 Å². The summed E-state index contributed by atoms with van der Waals surface area (Å²) in [5.74, 6) is 0.736. The zero-order chi connectivity index (χ0) is 18.9. The Morgan fingerprint density at radius 3 is 2.38 bits per heavy atom. The molecule has 7 heteroatoms. The summed E-state index contributed by atoms with van der Waals surface area (Å²) in [5.41, 5.74) is 1.34. The largest absolute Gasteiger partial charge is 0.493 e. The maximum absolute atomic E-state index is 12.6. The SMILES string of the molecule is CCCNC(=O)Nc1ccccc1C(=O)Nc1ccc(OC)c(OC)c1. The predicted molar refractivity (Wildman–Crippen MR) is 101 cm³/mol. The third-order valence-corrected chi connectivity index (χ3v) is 3.60. The van der Waals surface area contributed by atoms with Gasteiger partial charge in [-0.1, -0.05) is 19.1 Å². The molecule has 0 unspecified atom stereocenters. The van der Waals surface area contributed by atoms with E-state index in [1.54, 1.807) is 49.6 Å². The Morgan fingerprint density at radius 2 is 1.69 bits per heavy atom. The summed E-state index contributed by atoms with van der Waals surface area (Å²) >= 11 is 0. The number of anilines is 2. The molecule has 2 aromatic carbocycles. The molecule has 0 saturated carbocycles. The van der Waals surface area contributed by atoms with E-state index < -0.39 is 0 Å². The topological polar surface area (TPSA) is 88.7 Å². The van der Waals surface area contributed by atoms with Crippen molar-refractivity contribution in [1.29, 1.82) is 0 Å². The minimum atomic E-state index is -0.349. The van der Waals surface area contributed by atoms with Crippen LogP contribution in [0.2, 0.25) is 0 Å². The standard InChI is InChI=1S/C19H23N3O4/c1-4-11-20-19(24)22-15-8-6-5-7-14(15)18(23)21-13-9-10-16(25-2)17(12-13)26-3/h5-10,12H,4,11H2,1-3H3,(H,21,23)(H2,20,22,24). The Morgan fingerprint density at radius 1 is 0.962 bits per heavy atom. The van der Waals surface area contributed by atoms with Crippen LogP contribution in [0.25, 0.3) is 0 Å². The van der Waals surface area contributed by atoms with Gasteiger partial charge in [-0.15, -0.1) is 0 Å². The molecular formula is C19H23N3O4. The highest BCUT2D eigenvalue weighted by Crippen LogP contribution is 2.30. The average Bonchev–Trinajstić information content (AvgIpc) is 2.66. The quantitative estimate of drug-likeness (QED) is 0.708. The first-order chi connectivity index (χ1) is 12.6. The lowest BCUT2D eigenvalue weighted by atomic mass is 10.1. The number of methoxy groups -OCH3 is 2. The molecule has 0 heterocycles. The van der Waals surface area contributed by atoms with Crippen molar-refractivity contribution in [2.24, 2.45) is 0 Å². The fourth-order valence-electron chi connectivity index (χ4n) is 2.31. The molecule has 0 aliphatic carbocycles. The van der Waals surface area contributed by atoms with E-state index in [-0.39, 0.29) is 11.9 Å². The highest BCUT2D eigenvalue weighted by atomic mass is 16.5. The van der Waals surface area contributed by atoms with Gasteiger partial charge in [-0.05, 0) is 30.7 Å². The second-order valence-corrected chi connectivity index (χ2v) is 5.45. The van der Waals surface area contributed by atoms with Crippen molar-refractivity contribution in [3.63, 3.8) is 0 Å². The zero-order valence-electron chi connectivity index (χ0n) is 15.1. The molecule has 0 aromatic heterocycles. The maximum Gasteiger partial charge on any atom is 0.319 e. The van der Waals surface area contributed by atoms with Gasteiger partial charge in [0.25, 0.3) is 5.91 Å². The van der Waals surface area contributed by atoms with Crippen molar-refractivity contribution in [3.05, 3.63) is 48.0 Å². The Labute approximate surface area is 152 Å². The first-order valence-corrected chi connectivity index (χ1v) is 8.26. The molecule has 2 rings (SSSR count). The minimum Gasteiger partial charge on any atom is -0.493 e. The highest BCUT2D eigenvalue weighted by molar-refractivity contribution is 6.10. The summed E-state index contributed by atoms with van der Waals surface area (Å²) in [5, 5.41) is 8.20. The lowest BCUT2D eigenvalue weighted by molar-refractivity contribution is 0.102. The smallest absolute Gasteiger partial charge is 0.319 e. The van der Waals surface area contributed by atoms with Gasteiger partial charge in [0, 0.05) is 18.3 Å². The first-order valence-electron chi connectivity index (χ1n) is 8.26. The van der Waals surface area contributed by atoms with Crippen LogP contribution in [0.1, 0.15) is 23.7 Å². The number of urea groups is 1. The first kappa shape index (κ1) is 19.1. The molecule has 0 fully saturated rings. The Balaban J connectivity index is 2.16. The van der Waals surface area contributed by atoms with Gasteiger partial charge in [0.1, 0.15) is 0 Å². The summed E-state index contributed by atoms with van der Waals surface area (Å²) in [6, 6.07) is 11.5. The van der Waals surface area contributed by atoms with Crippen LogP contribution in [0.5, 0.6) is 11.5 Å². The molecule has 3 N–H and O–H groups in total. The Bertz CT molecular complexity index is 777. The molecule has 138 valence electrons. The van der Waals surface area contributed by atoms with Gasteiger partial charge in [0.15, 0.2) is 11.5 Å². The van der Waals surface area contributed by atoms with Crippen molar-refractivity contribution in [2.45, 2.75) is 13.3 Å². The molecule has 0 saturated heterocycles. The van der Waals surface area contributed by atoms with Gasteiger partial charge >= 0.3 is 6.03 Å². The number of benzene rings is 2. The number of rotatable bonds is 7. The van der Waals surface area contributed by atoms with Crippen LogP contribution in [0.15, 0.2) is 42.5 Å². The molecule has 0 aliphatic heterocycles. The van der Waals surface area contributed by atoms with Crippen LogP contribution < -0.4 is 25.4 Å².